The summed E-state index contributed by atoms with van der Waals surface area (Å²) in [5, 5.41) is 13.5. The zero-order chi connectivity index (χ0) is 13.1. The van der Waals surface area contributed by atoms with Crippen LogP contribution in [0, 0.1) is 5.92 Å². The largest absolute Gasteiger partial charge is 0.481 e. The van der Waals surface area contributed by atoms with Crippen LogP contribution in [-0.2, 0) is 14.6 Å². The van der Waals surface area contributed by atoms with Crippen LogP contribution in [-0.4, -0.2) is 49.6 Å². The lowest BCUT2D eigenvalue weighted by Crippen LogP contribution is -2.44. The topological polar surface area (TPSA) is 113 Å². The van der Waals surface area contributed by atoms with E-state index in [0.29, 0.717) is 6.42 Å². The van der Waals surface area contributed by atoms with Crippen molar-refractivity contribution in [1.29, 1.82) is 0 Å². The lowest BCUT2D eigenvalue weighted by molar-refractivity contribution is -0.140. The molecule has 2 atom stereocenters. The number of hydrogen-bond donors (Lipinski definition) is 3. The molecular formula is C9H16N2O5S. The fourth-order valence-corrected chi connectivity index (χ4v) is 3.15. The van der Waals surface area contributed by atoms with E-state index in [1.54, 1.807) is 0 Å². The highest BCUT2D eigenvalue weighted by Gasteiger charge is 2.28. The van der Waals surface area contributed by atoms with Crippen LogP contribution in [0.3, 0.4) is 0 Å². The quantitative estimate of drug-likeness (QED) is 0.615. The Hall–Kier alpha value is -1.31. The molecule has 0 radical (unpaired) electrons. The van der Waals surface area contributed by atoms with E-state index in [0.717, 1.165) is 0 Å². The lowest BCUT2D eigenvalue weighted by Gasteiger charge is -2.13. The van der Waals surface area contributed by atoms with E-state index in [9.17, 15) is 18.0 Å². The molecule has 0 spiro atoms. The van der Waals surface area contributed by atoms with Crippen molar-refractivity contribution in [2.24, 2.45) is 5.92 Å². The first-order valence-electron chi connectivity index (χ1n) is 5.28. The summed E-state index contributed by atoms with van der Waals surface area (Å²) in [4.78, 5) is 21.8. The van der Waals surface area contributed by atoms with E-state index in [4.69, 9.17) is 5.11 Å². The monoisotopic (exact) mass is 264 g/mol. The molecular weight excluding hydrogens is 248 g/mol. The first-order chi connectivity index (χ1) is 7.80. The van der Waals surface area contributed by atoms with Crippen molar-refractivity contribution in [1.82, 2.24) is 10.6 Å². The molecule has 2 amide bonds. The Morgan fingerprint density at radius 2 is 2.12 bits per heavy atom. The number of hydrogen-bond acceptors (Lipinski definition) is 4. The van der Waals surface area contributed by atoms with Crippen LogP contribution in [0.4, 0.5) is 4.79 Å². The molecule has 98 valence electrons. The fourth-order valence-electron chi connectivity index (χ4n) is 1.48. The molecule has 2 unspecified atom stereocenters. The predicted octanol–water partition coefficient (Wildman–Crippen LogP) is -0.807. The smallest absolute Gasteiger partial charge is 0.315 e. The van der Waals surface area contributed by atoms with Crippen molar-refractivity contribution in [2.75, 3.05) is 18.1 Å². The highest BCUT2D eigenvalue weighted by atomic mass is 32.2. The van der Waals surface area contributed by atoms with Crippen LogP contribution in [0.2, 0.25) is 0 Å². The number of carbonyl (C=O) groups excluding carboxylic acids is 1. The third-order valence-electron chi connectivity index (χ3n) is 2.56. The third-order valence-corrected chi connectivity index (χ3v) is 4.33. The van der Waals surface area contributed by atoms with E-state index in [2.05, 4.69) is 10.6 Å². The zero-order valence-electron chi connectivity index (χ0n) is 9.47. The first-order valence-corrected chi connectivity index (χ1v) is 7.10. The molecule has 1 saturated heterocycles. The van der Waals surface area contributed by atoms with Gasteiger partial charge in [-0.1, -0.05) is 6.92 Å². The van der Waals surface area contributed by atoms with E-state index < -0.39 is 27.8 Å². The van der Waals surface area contributed by atoms with Gasteiger partial charge in [-0.05, 0) is 6.42 Å². The molecule has 0 aliphatic carbocycles. The number of carboxylic acid groups (broad SMARTS) is 1. The molecule has 0 saturated carbocycles. The summed E-state index contributed by atoms with van der Waals surface area (Å²) in [6.45, 7) is 1.49. The number of urea groups is 1. The molecule has 3 N–H and O–H groups in total. The molecule has 1 aliphatic rings. The standard InChI is InChI=1S/C9H16N2O5S/c1-6(8(12)13)4-10-9(14)11-7-2-3-17(15,16)5-7/h6-7H,2-5H2,1H3,(H,12,13)(H2,10,11,14). The molecule has 0 bridgehead atoms. The summed E-state index contributed by atoms with van der Waals surface area (Å²) in [5.74, 6) is -1.62. The average Bonchev–Trinajstić information content (AvgIpc) is 2.54. The molecule has 0 aromatic carbocycles. The first kappa shape index (κ1) is 13.8. The molecule has 7 nitrogen and oxygen atoms in total. The van der Waals surface area contributed by atoms with Crippen molar-refractivity contribution in [2.45, 2.75) is 19.4 Å². The number of carboxylic acids is 1. The maximum absolute atomic E-state index is 11.3. The normalized spacial score (nSPS) is 23.9. The van der Waals surface area contributed by atoms with Gasteiger partial charge in [0.2, 0.25) is 0 Å². The predicted molar refractivity (Wildman–Crippen MR) is 60.4 cm³/mol. The van der Waals surface area contributed by atoms with Crippen LogP contribution in [0.1, 0.15) is 13.3 Å². The molecule has 8 heteroatoms. The van der Waals surface area contributed by atoms with Gasteiger partial charge in [-0.15, -0.1) is 0 Å². The maximum Gasteiger partial charge on any atom is 0.315 e. The molecule has 1 aliphatic heterocycles. The maximum atomic E-state index is 11.3. The summed E-state index contributed by atoms with van der Waals surface area (Å²) in [6.07, 6.45) is 0.407. The Morgan fingerprint density at radius 1 is 1.47 bits per heavy atom. The van der Waals surface area contributed by atoms with Crippen molar-refractivity contribution >= 4 is 21.8 Å². The van der Waals surface area contributed by atoms with Gasteiger partial charge < -0.3 is 15.7 Å². The molecule has 17 heavy (non-hydrogen) atoms. The number of nitrogens with one attached hydrogen (secondary N) is 2. The van der Waals surface area contributed by atoms with E-state index >= 15 is 0 Å². The molecule has 1 heterocycles. The molecule has 1 rings (SSSR count). The number of aliphatic carboxylic acids is 1. The second-order valence-electron chi connectivity index (χ2n) is 4.19. The summed E-state index contributed by atoms with van der Waals surface area (Å²) in [6, 6.07) is -0.902. The minimum absolute atomic E-state index is 0.0145. The van der Waals surface area contributed by atoms with Crippen LogP contribution in [0.25, 0.3) is 0 Å². The Balaban J connectivity index is 2.29. The van der Waals surface area contributed by atoms with Crippen LogP contribution in [0.5, 0.6) is 0 Å². The molecule has 0 aromatic heterocycles. The van der Waals surface area contributed by atoms with E-state index in [1.807, 2.05) is 0 Å². The minimum atomic E-state index is -3.02. The van der Waals surface area contributed by atoms with Gasteiger partial charge in [0.05, 0.1) is 17.4 Å². The SMILES string of the molecule is CC(CNC(=O)NC1CCS(=O)(=O)C1)C(=O)O. The number of rotatable bonds is 4. The Labute approximate surface area is 99.5 Å². The second-order valence-corrected chi connectivity index (χ2v) is 6.42. The number of carbonyl (C=O) groups is 2. The third kappa shape index (κ3) is 4.59. The lowest BCUT2D eigenvalue weighted by atomic mass is 10.2. The van der Waals surface area contributed by atoms with Gasteiger partial charge in [-0.25, -0.2) is 13.2 Å². The van der Waals surface area contributed by atoms with Crippen LogP contribution in [0.15, 0.2) is 0 Å². The average molecular weight is 264 g/mol. The highest BCUT2D eigenvalue weighted by molar-refractivity contribution is 7.91. The Bertz CT molecular complexity index is 406. The summed E-state index contributed by atoms with van der Waals surface area (Å²) < 4.78 is 22.3. The zero-order valence-corrected chi connectivity index (χ0v) is 10.3. The fraction of sp³-hybridized carbons (Fsp3) is 0.778. The number of amides is 2. The summed E-state index contributed by atoms with van der Waals surface area (Å²) in [5.41, 5.74) is 0. The Morgan fingerprint density at radius 3 is 2.59 bits per heavy atom. The molecule has 0 aromatic rings. The van der Waals surface area contributed by atoms with Crippen molar-refractivity contribution < 1.29 is 23.1 Å². The summed E-state index contributed by atoms with van der Waals surface area (Å²) in [7, 11) is -3.02. The van der Waals surface area contributed by atoms with Gasteiger partial charge in [0, 0.05) is 12.6 Å². The van der Waals surface area contributed by atoms with Gasteiger partial charge in [0.1, 0.15) is 0 Å². The van der Waals surface area contributed by atoms with Gasteiger partial charge >= 0.3 is 12.0 Å². The van der Waals surface area contributed by atoms with Gasteiger partial charge in [-0.2, -0.15) is 0 Å². The van der Waals surface area contributed by atoms with E-state index in [1.165, 1.54) is 6.92 Å². The molecule has 1 fully saturated rings. The summed E-state index contributed by atoms with van der Waals surface area (Å²) >= 11 is 0. The van der Waals surface area contributed by atoms with Crippen molar-refractivity contribution in [3.05, 3.63) is 0 Å². The van der Waals surface area contributed by atoms with Gasteiger partial charge in [0.15, 0.2) is 9.84 Å². The van der Waals surface area contributed by atoms with Crippen LogP contribution < -0.4 is 10.6 Å². The van der Waals surface area contributed by atoms with Crippen molar-refractivity contribution in [3.8, 4) is 0 Å². The Kier molecular flexibility index (Phi) is 4.33. The van der Waals surface area contributed by atoms with Crippen LogP contribution >= 0.6 is 0 Å². The number of sulfone groups is 1. The van der Waals surface area contributed by atoms with Gasteiger partial charge in [-0.3, -0.25) is 4.79 Å². The van der Waals surface area contributed by atoms with E-state index in [-0.39, 0.29) is 24.1 Å². The minimum Gasteiger partial charge on any atom is -0.481 e. The second kappa shape index (κ2) is 5.35. The van der Waals surface area contributed by atoms with Crippen molar-refractivity contribution in [3.63, 3.8) is 0 Å². The highest BCUT2D eigenvalue weighted by Crippen LogP contribution is 2.10. The van der Waals surface area contributed by atoms with Gasteiger partial charge in [0.25, 0.3) is 0 Å².